The van der Waals surface area contributed by atoms with E-state index < -0.39 is 24.0 Å². The number of aromatic nitrogens is 2. The van der Waals surface area contributed by atoms with Gasteiger partial charge in [0, 0.05) is 15.1 Å². The minimum absolute atomic E-state index is 0.108. The quantitative estimate of drug-likeness (QED) is 0.137. The standard InChI is InChI=1S/C29H25Cl2IN4O4/c1-16(17-5-3-2-4-6-17)25(27-33-24(26(31)35-27)21-12-9-19(32)15-22(21)30)36-28(38)23(34-29(36)39)18-7-10-20(11-8-18)40-14-13-37/h2-12,15-16,23,25,37H,13-14H2,1H3,(H,33,35)(H,34,39)/t16-,23+,25?/m0/s1. The topological polar surface area (TPSA) is 108 Å². The Labute approximate surface area is 254 Å². The van der Waals surface area contributed by atoms with E-state index in [0.29, 0.717) is 33.4 Å². The van der Waals surface area contributed by atoms with Gasteiger partial charge in [0.05, 0.1) is 17.3 Å². The van der Waals surface area contributed by atoms with Gasteiger partial charge in [0.25, 0.3) is 5.91 Å². The first-order valence-corrected chi connectivity index (χ1v) is 14.3. The van der Waals surface area contributed by atoms with Gasteiger partial charge in [-0.15, -0.1) is 0 Å². The number of imidazole rings is 1. The van der Waals surface area contributed by atoms with Crippen molar-refractivity contribution in [2.24, 2.45) is 0 Å². The molecule has 0 spiro atoms. The maximum absolute atomic E-state index is 13.9. The van der Waals surface area contributed by atoms with E-state index in [4.69, 9.17) is 33.0 Å². The van der Waals surface area contributed by atoms with Gasteiger partial charge < -0.3 is 20.1 Å². The number of aliphatic hydroxyl groups excluding tert-OH is 1. The highest BCUT2D eigenvalue weighted by Gasteiger charge is 2.46. The third-order valence-corrected chi connectivity index (χ3v) is 8.04. The molecule has 2 heterocycles. The van der Waals surface area contributed by atoms with Crippen molar-refractivity contribution in [3.8, 4) is 17.0 Å². The Morgan fingerprint density at radius 3 is 2.48 bits per heavy atom. The number of halogens is 3. The normalized spacial score (nSPS) is 16.6. The second-order valence-electron chi connectivity index (χ2n) is 9.29. The molecule has 8 nitrogen and oxygen atoms in total. The molecule has 1 aliphatic rings. The van der Waals surface area contributed by atoms with Crippen LogP contribution in [0.1, 0.15) is 41.9 Å². The van der Waals surface area contributed by atoms with Crippen LogP contribution in [-0.4, -0.2) is 45.1 Å². The van der Waals surface area contributed by atoms with E-state index >= 15 is 0 Å². The lowest BCUT2D eigenvalue weighted by molar-refractivity contribution is -0.129. The summed E-state index contributed by atoms with van der Waals surface area (Å²) < 4.78 is 6.38. The van der Waals surface area contributed by atoms with E-state index in [-0.39, 0.29) is 24.3 Å². The fourth-order valence-corrected chi connectivity index (χ4v) is 6.00. The summed E-state index contributed by atoms with van der Waals surface area (Å²) in [5.41, 5.74) is 2.69. The number of carbonyl (C=O) groups is 2. The summed E-state index contributed by atoms with van der Waals surface area (Å²) in [5.74, 6) is 0.172. The first-order valence-electron chi connectivity index (χ1n) is 12.5. The number of nitrogens with one attached hydrogen (secondary N) is 2. The van der Waals surface area contributed by atoms with Crippen molar-refractivity contribution in [2.45, 2.75) is 24.9 Å². The monoisotopic (exact) mass is 690 g/mol. The maximum Gasteiger partial charge on any atom is 0.325 e. The number of H-pyrrole nitrogens is 1. The van der Waals surface area contributed by atoms with Crippen LogP contribution < -0.4 is 10.1 Å². The minimum Gasteiger partial charge on any atom is -0.491 e. The number of hydrogen-bond acceptors (Lipinski definition) is 5. The fraction of sp³-hybridized carbons (Fsp3) is 0.207. The second-order valence-corrected chi connectivity index (χ2v) is 11.3. The molecule has 0 bridgehead atoms. The average Bonchev–Trinajstić information content (AvgIpc) is 3.47. The van der Waals surface area contributed by atoms with Crippen LogP contribution in [0, 0.1) is 3.57 Å². The van der Waals surface area contributed by atoms with Crippen LogP contribution in [0.25, 0.3) is 11.3 Å². The van der Waals surface area contributed by atoms with Crippen molar-refractivity contribution in [3.05, 3.63) is 103 Å². The largest absolute Gasteiger partial charge is 0.491 e. The van der Waals surface area contributed by atoms with E-state index in [0.717, 1.165) is 9.13 Å². The highest BCUT2D eigenvalue weighted by atomic mass is 127. The van der Waals surface area contributed by atoms with Crippen molar-refractivity contribution in [3.63, 3.8) is 0 Å². The number of hydrogen-bond donors (Lipinski definition) is 3. The molecule has 0 radical (unpaired) electrons. The first kappa shape index (κ1) is 28.4. The van der Waals surface area contributed by atoms with Crippen molar-refractivity contribution in [2.75, 3.05) is 13.2 Å². The number of aromatic amines is 1. The first-order chi connectivity index (χ1) is 19.3. The Kier molecular flexibility index (Phi) is 8.65. The van der Waals surface area contributed by atoms with Crippen LogP contribution in [-0.2, 0) is 4.79 Å². The van der Waals surface area contributed by atoms with Gasteiger partial charge in [0.15, 0.2) is 5.15 Å². The summed E-state index contributed by atoms with van der Waals surface area (Å²) in [7, 11) is 0. The van der Waals surface area contributed by atoms with E-state index in [2.05, 4.69) is 37.9 Å². The summed E-state index contributed by atoms with van der Waals surface area (Å²) in [5, 5.41) is 12.5. The molecule has 1 aliphatic heterocycles. The van der Waals surface area contributed by atoms with Gasteiger partial charge in [-0.05, 0) is 58.0 Å². The molecule has 4 aromatic rings. The van der Waals surface area contributed by atoms with Crippen LogP contribution in [0.4, 0.5) is 4.79 Å². The van der Waals surface area contributed by atoms with Gasteiger partial charge in [-0.2, -0.15) is 0 Å². The summed E-state index contributed by atoms with van der Waals surface area (Å²) in [4.78, 5) is 36.4. The third kappa shape index (κ3) is 5.69. The van der Waals surface area contributed by atoms with E-state index in [1.165, 1.54) is 4.90 Å². The molecule has 40 heavy (non-hydrogen) atoms. The summed E-state index contributed by atoms with van der Waals surface area (Å²) >= 11 is 15.3. The average molecular weight is 691 g/mol. The highest BCUT2D eigenvalue weighted by molar-refractivity contribution is 14.1. The van der Waals surface area contributed by atoms with Crippen molar-refractivity contribution < 1.29 is 19.4 Å². The SMILES string of the molecule is C[C@@H](c1ccccc1)C(c1nc(Cl)c(-c2ccc(I)cc2Cl)[nH]1)N1C(=O)N[C@H](c2ccc(OCCO)cc2)C1=O. The zero-order valence-corrected chi connectivity index (χ0v) is 24.9. The van der Waals surface area contributed by atoms with E-state index in [1.807, 2.05) is 55.5 Å². The lowest BCUT2D eigenvalue weighted by Crippen LogP contribution is -2.38. The van der Waals surface area contributed by atoms with Crippen LogP contribution in [0.5, 0.6) is 5.75 Å². The number of ether oxygens (including phenoxy) is 1. The molecule has 3 aromatic carbocycles. The molecule has 1 unspecified atom stereocenters. The lowest BCUT2D eigenvalue weighted by Gasteiger charge is -2.29. The molecule has 1 aromatic heterocycles. The predicted octanol–water partition coefficient (Wildman–Crippen LogP) is 6.50. The van der Waals surface area contributed by atoms with Gasteiger partial charge in [0.2, 0.25) is 0 Å². The lowest BCUT2D eigenvalue weighted by atomic mass is 9.91. The number of aliphatic hydroxyl groups is 1. The number of urea groups is 1. The molecular formula is C29H25Cl2IN4O4. The number of benzene rings is 3. The molecule has 11 heteroatoms. The highest BCUT2D eigenvalue weighted by Crippen LogP contribution is 2.41. The number of rotatable bonds is 9. The number of amides is 3. The van der Waals surface area contributed by atoms with Gasteiger partial charge in [-0.25, -0.2) is 9.78 Å². The van der Waals surface area contributed by atoms with Gasteiger partial charge in [-0.1, -0.05) is 78.7 Å². The smallest absolute Gasteiger partial charge is 0.325 e. The van der Waals surface area contributed by atoms with Crippen LogP contribution in [0.2, 0.25) is 10.2 Å². The molecule has 1 saturated heterocycles. The molecule has 5 rings (SSSR count). The molecule has 3 amide bonds. The van der Waals surface area contributed by atoms with Crippen molar-refractivity contribution in [1.29, 1.82) is 0 Å². The van der Waals surface area contributed by atoms with E-state index in [9.17, 15) is 9.59 Å². The van der Waals surface area contributed by atoms with Crippen LogP contribution in [0.3, 0.4) is 0 Å². The summed E-state index contributed by atoms with van der Waals surface area (Å²) in [6.45, 7) is 1.99. The Morgan fingerprint density at radius 2 is 1.80 bits per heavy atom. The zero-order valence-electron chi connectivity index (χ0n) is 21.3. The second kappa shape index (κ2) is 12.2. The van der Waals surface area contributed by atoms with Crippen molar-refractivity contribution in [1.82, 2.24) is 20.2 Å². The Hall–Kier alpha value is -3.12. The van der Waals surface area contributed by atoms with Crippen LogP contribution in [0.15, 0.2) is 72.8 Å². The number of nitrogens with zero attached hydrogens (tertiary/aromatic N) is 2. The fourth-order valence-electron chi connectivity index (χ4n) is 4.80. The maximum atomic E-state index is 13.9. The Morgan fingerprint density at radius 1 is 1.07 bits per heavy atom. The zero-order chi connectivity index (χ0) is 28.4. The predicted molar refractivity (Wildman–Crippen MR) is 162 cm³/mol. The van der Waals surface area contributed by atoms with Gasteiger partial charge in [-0.3, -0.25) is 9.69 Å². The Balaban J connectivity index is 1.53. The third-order valence-electron chi connectivity index (χ3n) is 6.78. The van der Waals surface area contributed by atoms with Gasteiger partial charge >= 0.3 is 6.03 Å². The van der Waals surface area contributed by atoms with Crippen LogP contribution >= 0.6 is 45.8 Å². The van der Waals surface area contributed by atoms with Gasteiger partial charge in [0.1, 0.15) is 30.3 Å². The minimum atomic E-state index is -0.889. The molecular weight excluding hydrogens is 666 g/mol. The molecule has 3 atom stereocenters. The molecule has 1 fully saturated rings. The summed E-state index contributed by atoms with van der Waals surface area (Å²) in [6.07, 6.45) is 0. The molecule has 206 valence electrons. The Bertz CT molecular complexity index is 1530. The summed E-state index contributed by atoms with van der Waals surface area (Å²) in [6, 6.07) is 19.8. The molecule has 0 aliphatic carbocycles. The molecule has 0 saturated carbocycles. The number of imide groups is 1. The van der Waals surface area contributed by atoms with E-state index in [1.54, 1.807) is 24.3 Å². The molecule has 3 N–H and O–H groups in total. The number of carbonyl (C=O) groups excluding carboxylic acids is 2. The van der Waals surface area contributed by atoms with Crippen molar-refractivity contribution >= 4 is 57.7 Å².